The molecule has 0 aliphatic heterocycles. The molecule has 0 spiro atoms. The standard InChI is InChI=1S/C21H16N2O3/c1-3-7-14(4-2)19(24)22-16-12-10-15(11-13-16)21-23-20(25)17-8-5-6-9-18(17)26-21/h3-13H,1-2H2,(H,22,24)/b14-7+. The molecule has 1 heterocycles. The highest BCUT2D eigenvalue weighted by molar-refractivity contribution is 6.05. The number of anilines is 1. The predicted octanol–water partition coefficient (Wildman–Crippen LogP) is 4.09. The fourth-order valence-corrected chi connectivity index (χ4v) is 2.40. The second kappa shape index (κ2) is 7.44. The number of nitrogens with zero attached hydrogens (tertiary/aromatic N) is 1. The Labute approximate surface area is 150 Å². The second-order valence-corrected chi connectivity index (χ2v) is 5.41. The quantitative estimate of drug-likeness (QED) is 0.559. The molecule has 0 atom stereocenters. The van der Waals surface area contributed by atoms with Crippen LogP contribution in [0.25, 0.3) is 22.4 Å². The fourth-order valence-electron chi connectivity index (χ4n) is 2.40. The Kier molecular flexibility index (Phi) is 4.90. The van der Waals surface area contributed by atoms with Crippen LogP contribution in [-0.4, -0.2) is 10.9 Å². The van der Waals surface area contributed by atoms with Crippen LogP contribution in [0.2, 0.25) is 0 Å². The Morgan fingerprint density at radius 1 is 1.08 bits per heavy atom. The number of aromatic nitrogens is 1. The molecule has 0 fully saturated rings. The van der Waals surface area contributed by atoms with Crippen LogP contribution in [0.5, 0.6) is 0 Å². The number of rotatable bonds is 5. The first-order valence-corrected chi connectivity index (χ1v) is 7.89. The van der Waals surface area contributed by atoms with E-state index in [4.69, 9.17) is 4.42 Å². The third kappa shape index (κ3) is 3.52. The zero-order valence-electron chi connectivity index (χ0n) is 13.9. The number of amides is 1. The molecule has 3 aromatic rings. The Balaban J connectivity index is 1.87. The number of hydrogen-bond donors (Lipinski definition) is 1. The van der Waals surface area contributed by atoms with Crippen LogP contribution in [-0.2, 0) is 4.79 Å². The maximum absolute atomic E-state index is 12.1. The molecule has 5 heteroatoms. The summed E-state index contributed by atoms with van der Waals surface area (Å²) in [5.74, 6) is -0.0621. The minimum absolute atomic E-state index is 0.227. The molecule has 0 saturated heterocycles. The molecule has 0 unspecified atom stereocenters. The number of carbonyl (C=O) groups excluding carboxylic acids is 1. The normalized spacial score (nSPS) is 11.2. The average Bonchev–Trinajstić information content (AvgIpc) is 2.66. The summed E-state index contributed by atoms with van der Waals surface area (Å²) in [4.78, 5) is 28.2. The summed E-state index contributed by atoms with van der Waals surface area (Å²) in [6.07, 6.45) is 4.55. The minimum atomic E-state index is -0.343. The van der Waals surface area contributed by atoms with Crippen molar-refractivity contribution in [2.45, 2.75) is 0 Å². The van der Waals surface area contributed by atoms with E-state index in [1.54, 1.807) is 54.6 Å². The minimum Gasteiger partial charge on any atom is -0.437 e. The average molecular weight is 344 g/mol. The Morgan fingerprint density at radius 2 is 1.81 bits per heavy atom. The first kappa shape index (κ1) is 17.1. The van der Waals surface area contributed by atoms with Gasteiger partial charge in [-0.05, 0) is 36.4 Å². The van der Waals surface area contributed by atoms with Gasteiger partial charge in [0.2, 0.25) is 5.89 Å². The molecule has 3 rings (SSSR count). The van der Waals surface area contributed by atoms with E-state index < -0.39 is 0 Å². The van der Waals surface area contributed by atoms with Gasteiger partial charge in [0.05, 0.1) is 5.39 Å². The maximum Gasteiger partial charge on any atom is 0.284 e. The van der Waals surface area contributed by atoms with Crippen molar-refractivity contribution in [1.82, 2.24) is 4.98 Å². The molecule has 2 aromatic carbocycles. The first-order chi connectivity index (χ1) is 12.6. The topological polar surface area (TPSA) is 72.2 Å². The van der Waals surface area contributed by atoms with Crippen molar-refractivity contribution in [1.29, 1.82) is 0 Å². The maximum atomic E-state index is 12.1. The number of carbonyl (C=O) groups is 1. The van der Waals surface area contributed by atoms with Crippen LogP contribution in [0.4, 0.5) is 5.69 Å². The number of allylic oxidation sites excluding steroid dienone is 2. The van der Waals surface area contributed by atoms with E-state index in [1.165, 1.54) is 12.2 Å². The molecule has 1 N–H and O–H groups in total. The molecule has 0 radical (unpaired) electrons. The molecule has 26 heavy (non-hydrogen) atoms. The number of para-hydroxylation sites is 1. The van der Waals surface area contributed by atoms with Gasteiger partial charge in [-0.1, -0.05) is 43.5 Å². The Morgan fingerprint density at radius 3 is 2.50 bits per heavy atom. The smallest absolute Gasteiger partial charge is 0.284 e. The largest absolute Gasteiger partial charge is 0.437 e. The van der Waals surface area contributed by atoms with Crippen molar-refractivity contribution in [2.75, 3.05) is 5.32 Å². The van der Waals surface area contributed by atoms with E-state index >= 15 is 0 Å². The Hall–Kier alpha value is -3.73. The van der Waals surface area contributed by atoms with Crippen molar-refractivity contribution >= 4 is 22.6 Å². The molecule has 1 amide bonds. The van der Waals surface area contributed by atoms with Gasteiger partial charge in [0.1, 0.15) is 5.58 Å². The van der Waals surface area contributed by atoms with Crippen LogP contribution < -0.4 is 10.9 Å². The van der Waals surface area contributed by atoms with Gasteiger partial charge < -0.3 is 9.73 Å². The molecule has 128 valence electrons. The molecule has 0 saturated carbocycles. The molecular weight excluding hydrogens is 328 g/mol. The molecule has 0 aliphatic rings. The summed E-state index contributed by atoms with van der Waals surface area (Å²) in [6, 6.07) is 13.8. The van der Waals surface area contributed by atoms with Crippen LogP contribution in [0.15, 0.2) is 94.7 Å². The third-order valence-electron chi connectivity index (χ3n) is 3.70. The summed E-state index contributed by atoms with van der Waals surface area (Å²) in [7, 11) is 0. The number of hydrogen-bond acceptors (Lipinski definition) is 4. The third-order valence-corrected chi connectivity index (χ3v) is 3.70. The van der Waals surface area contributed by atoms with Crippen molar-refractivity contribution in [3.63, 3.8) is 0 Å². The summed E-state index contributed by atoms with van der Waals surface area (Å²) >= 11 is 0. The molecule has 0 aliphatic carbocycles. The van der Waals surface area contributed by atoms with E-state index in [0.717, 1.165) is 0 Å². The van der Waals surface area contributed by atoms with Gasteiger partial charge in [0.15, 0.2) is 0 Å². The van der Waals surface area contributed by atoms with Crippen molar-refractivity contribution in [2.24, 2.45) is 0 Å². The SMILES string of the molecule is C=C/C=C(\C=C)C(=O)Nc1ccc(-c2nc(=O)c3ccccc3o2)cc1. The highest BCUT2D eigenvalue weighted by Crippen LogP contribution is 2.22. The zero-order chi connectivity index (χ0) is 18.5. The van der Waals surface area contributed by atoms with E-state index in [0.29, 0.717) is 27.8 Å². The lowest BCUT2D eigenvalue weighted by molar-refractivity contribution is -0.112. The van der Waals surface area contributed by atoms with Crippen molar-refractivity contribution in [3.05, 3.63) is 95.8 Å². The Bertz CT molecular complexity index is 1080. The van der Waals surface area contributed by atoms with Crippen LogP contribution in [0, 0.1) is 0 Å². The van der Waals surface area contributed by atoms with Gasteiger partial charge in [-0.25, -0.2) is 0 Å². The van der Waals surface area contributed by atoms with Gasteiger partial charge in [0.25, 0.3) is 11.5 Å². The lowest BCUT2D eigenvalue weighted by Crippen LogP contribution is -2.13. The van der Waals surface area contributed by atoms with Gasteiger partial charge in [-0.15, -0.1) is 0 Å². The first-order valence-electron chi connectivity index (χ1n) is 7.89. The highest BCUT2D eigenvalue weighted by atomic mass is 16.3. The van der Waals surface area contributed by atoms with Crippen molar-refractivity contribution in [3.8, 4) is 11.5 Å². The molecule has 5 nitrogen and oxygen atoms in total. The number of benzene rings is 2. The molecule has 0 bridgehead atoms. The van der Waals surface area contributed by atoms with Gasteiger partial charge in [-0.2, -0.15) is 4.98 Å². The summed E-state index contributed by atoms with van der Waals surface area (Å²) in [6.45, 7) is 7.17. The van der Waals surface area contributed by atoms with Crippen molar-refractivity contribution < 1.29 is 9.21 Å². The monoisotopic (exact) mass is 344 g/mol. The summed E-state index contributed by atoms with van der Waals surface area (Å²) in [5, 5.41) is 3.19. The van der Waals surface area contributed by atoms with E-state index in [9.17, 15) is 9.59 Å². The van der Waals surface area contributed by atoms with Gasteiger partial charge >= 0.3 is 0 Å². The van der Waals surface area contributed by atoms with E-state index in [-0.39, 0.29) is 17.4 Å². The summed E-state index contributed by atoms with van der Waals surface area (Å²) in [5.41, 5.74) is 1.77. The van der Waals surface area contributed by atoms with Gasteiger partial charge in [0, 0.05) is 16.8 Å². The highest BCUT2D eigenvalue weighted by Gasteiger charge is 2.09. The zero-order valence-corrected chi connectivity index (χ0v) is 13.9. The van der Waals surface area contributed by atoms with E-state index in [2.05, 4.69) is 23.5 Å². The van der Waals surface area contributed by atoms with Crippen LogP contribution >= 0.6 is 0 Å². The van der Waals surface area contributed by atoms with Gasteiger partial charge in [-0.3, -0.25) is 9.59 Å². The lowest BCUT2D eigenvalue weighted by Gasteiger charge is -2.07. The number of fused-ring (bicyclic) bond motifs is 1. The fraction of sp³-hybridized carbons (Fsp3) is 0. The van der Waals surface area contributed by atoms with Crippen LogP contribution in [0.1, 0.15) is 0 Å². The second-order valence-electron chi connectivity index (χ2n) is 5.41. The summed E-state index contributed by atoms with van der Waals surface area (Å²) < 4.78 is 5.71. The molecular formula is C21H16N2O3. The van der Waals surface area contributed by atoms with Crippen LogP contribution in [0.3, 0.4) is 0 Å². The lowest BCUT2D eigenvalue weighted by atomic mass is 10.1. The number of nitrogens with one attached hydrogen (secondary N) is 1. The predicted molar refractivity (Wildman–Crippen MR) is 103 cm³/mol. The molecule has 1 aromatic heterocycles. The van der Waals surface area contributed by atoms with E-state index in [1.807, 2.05) is 0 Å².